The second-order valence-corrected chi connectivity index (χ2v) is 5.95. The molecule has 0 aliphatic heterocycles. The van der Waals surface area contributed by atoms with Crippen molar-refractivity contribution in [3.05, 3.63) is 28.2 Å². The Kier molecular flexibility index (Phi) is 4.66. The maximum atomic E-state index is 9.22. The molecular formula is C15H19BrN2. The fraction of sp³-hybridized carbons (Fsp3) is 0.533. The molecule has 0 saturated heterocycles. The Bertz CT molecular complexity index is 442. The Morgan fingerprint density at radius 3 is 2.50 bits per heavy atom. The summed E-state index contributed by atoms with van der Waals surface area (Å²) in [6.07, 6.45) is 7.82. The van der Waals surface area contributed by atoms with E-state index in [1.54, 1.807) is 0 Å². The van der Waals surface area contributed by atoms with Gasteiger partial charge in [0.1, 0.15) is 6.07 Å². The van der Waals surface area contributed by atoms with Gasteiger partial charge in [-0.15, -0.1) is 0 Å². The lowest BCUT2D eigenvalue weighted by molar-refractivity contribution is 0.552. The molecule has 96 valence electrons. The summed E-state index contributed by atoms with van der Waals surface area (Å²) in [5.74, 6) is 0. The van der Waals surface area contributed by atoms with Crippen molar-refractivity contribution >= 4 is 21.6 Å². The first-order valence-corrected chi connectivity index (χ1v) is 7.44. The Labute approximate surface area is 118 Å². The van der Waals surface area contributed by atoms with E-state index in [9.17, 15) is 5.26 Å². The van der Waals surface area contributed by atoms with Gasteiger partial charge in [0, 0.05) is 17.6 Å². The summed E-state index contributed by atoms with van der Waals surface area (Å²) in [5, 5.41) is 9.22. The fourth-order valence-corrected chi connectivity index (χ4v) is 3.08. The van der Waals surface area contributed by atoms with E-state index in [0.717, 1.165) is 15.7 Å². The number of hydrogen-bond acceptors (Lipinski definition) is 2. The third-order valence-electron chi connectivity index (χ3n) is 3.83. The Morgan fingerprint density at radius 2 is 1.89 bits per heavy atom. The number of hydrogen-bond donors (Lipinski definition) is 0. The van der Waals surface area contributed by atoms with Crippen molar-refractivity contribution in [2.24, 2.45) is 0 Å². The molecule has 0 atom stereocenters. The summed E-state index contributed by atoms with van der Waals surface area (Å²) in [5.41, 5.74) is 1.82. The lowest BCUT2D eigenvalue weighted by Gasteiger charge is -2.30. The molecular weight excluding hydrogens is 288 g/mol. The van der Waals surface area contributed by atoms with E-state index in [1.165, 1.54) is 38.5 Å². The normalized spacial score (nSPS) is 16.9. The molecule has 2 nitrogen and oxygen atoms in total. The predicted octanol–water partition coefficient (Wildman–Crippen LogP) is 4.48. The Hall–Kier alpha value is -1.01. The molecule has 18 heavy (non-hydrogen) atoms. The monoisotopic (exact) mass is 306 g/mol. The van der Waals surface area contributed by atoms with Crippen LogP contribution in [0.15, 0.2) is 22.7 Å². The first kappa shape index (κ1) is 13.4. The fourth-order valence-electron chi connectivity index (χ4n) is 2.73. The van der Waals surface area contributed by atoms with Gasteiger partial charge in [0.25, 0.3) is 0 Å². The van der Waals surface area contributed by atoms with Crippen LogP contribution >= 0.6 is 15.9 Å². The minimum absolute atomic E-state index is 0.578. The van der Waals surface area contributed by atoms with Crippen LogP contribution in [0.3, 0.4) is 0 Å². The number of nitriles is 1. The average Bonchev–Trinajstić information content (AvgIpc) is 2.66. The van der Waals surface area contributed by atoms with Crippen LogP contribution in [0, 0.1) is 11.3 Å². The number of benzene rings is 1. The highest BCUT2D eigenvalue weighted by molar-refractivity contribution is 9.10. The van der Waals surface area contributed by atoms with Crippen molar-refractivity contribution in [1.82, 2.24) is 0 Å². The van der Waals surface area contributed by atoms with Crippen molar-refractivity contribution in [2.45, 2.75) is 44.6 Å². The second-order valence-electron chi connectivity index (χ2n) is 5.03. The molecule has 0 aromatic heterocycles. The van der Waals surface area contributed by atoms with Crippen LogP contribution in [0.1, 0.15) is 44.1 Å². The standard InChI is InChI=1S/C15H19BrN2/c1-18(14-6-4-2-3-5-7-14)15-10-13(16)9-8-12(15)11-17/h8-10,14H,2-7H2,1H3. The molecule has 1 aromatic carbocycles. The van der Waals surface area contributed by atoms with Crippen molar-refractivity contribution in [3.63, 3.8) is 0 Å². The zero-order valence-corrected chi connectivity index (χ0v) is 12.4. The van der Waals surface area contributed by atoms with Crippen LogP contribution in [0.2, 0.25) is 0 Å². The zero-order valence-electron chi connectivity index (χ0n) is 10.8. The minimum Gasteiger partial charge on any atom is -0.371 e. The highest BCUT2D eigenvalue weighted by atomic mass is 79.9. The van der Waals surface area contributed by atoms with Crippen LogP contribution in [0.25, 0.3) is 0 Å². The lowest BCUT2D eigenvalue weighted by atomic mass is 10.1. The number of nitrogens with zero attached hydrogens (tertiary/aromatic N) is 2. The van der Waals surface area contributed by atoms with Gasteiger partial charge in [0.2, 0.25) is 0 Å². The van der Waals surface area contributed by atoms with Crippen LogP contribution in [-0.2, 0) is 0 Å². The minimum atomic E-state index is 0.578. The van der Waals surface area contributed by atoms with Gasteiger partial charge in [-0.2, -0.15) is 5.26 Å². The van der Waals surface area contributed by atoms with Crippen LogP contribution in [0.4, 0.5) is 5.69 Å². The summed E-state index contributed by atoms with van der Waals surface area (Å²) in [6, 6.07) is 8.76. The SMILES string of the molecule is CN(c1cc(Br)ccc1C#N)C1CCCCCC1. The van der Waals surface area contributed by atoms with Crippen LogP contribution < -0.4 is 4.90 Å². The maximum absolute atomic E-state index is 9.22. The average molecular weight is 307 g/mol. The highest BCUT2D eigenvalue weighted by Gasteiger charge is 2.19. The molecule has 1 aliphatic rings. The summed E-state index contributed by atoms with van der Waals surface area (Å²) >= 11 is 3.50. The van der Waals surface area contributed by atoms with Gasteiger partial charge >= 0.3 is 0 Å². The maximum Gasteiger partial charge on any atom is 0.101 e. The molecule has 1 saturated carbocycles. The van der Waals surface area contributed by atoms with E-state index in [4.69, 9.17) is 0 Å². The van der Waals surface area contributed by atoms with Crippen molar-refractivity contribution in [1.29, 1.82) is 5.26 Å². The quantitative estimate of drug-likeness (QED) is 0.753. The molecule has 0 unspecified atom stereocenters. The van der Waals surface area contributed by atoms with E-state index in [1.807, 2.05) is 12.1 Å². The first-order chi connectivity index (χ1) is 8.72. The van der Waals surface area contributed by atoms with Gasteiger partial charge in [0.05, 0.1) is 11.3 Å². The molecule has 0 bridgehead atoms. The molecule has 0 heterocycles. The van der Waals surface area contributed by atoms with E-state index in [-0.39, 0.29) is 0 Å². The highest BCUT2D eigenvalue weighted by Crippen LogP contribution is 2.29. The number of rotatable bonds is 2. The van der Waals surface area contributed by atoms with Gasteiger partial charge in [-0.25, -0.2) is 0 Å². The molecule has 1 aliphatic carbocycles. The number of anilines is 1. The van der Waals surface area contributed by atoms with Crippen LogP contribution in [0.5, 0.6) is 0 Å². The van der Waals surface area contributed by atoms with Gasteiger partial charge in [-0.3, -0.25) is 0 Å². The largest absolute Gasteiger partial charge is 0.371 e. The molecule has 2 rings (SSSR count). The third kappa shape index (κ3) is 3.05. The summed E-state index contributed by atoms with van der Waals surface area (Å²) in [4.78, 5) is 2.30. The molecule has 0 spiro atoms. The molecule has 0 N–H and O–H groups in total. The molecule has 1 fully saturated rings. The van der Waals surface area contributed by atoms with E-state index in [0.29, 0.717) is 6.04 Å². The van der Waals surface area contributed by atoms with Crippen molar-refractivity contribution < 1.29 is 0 Å². The summed E-state index contributed by atoms with van der Waals surface area (Å²) in [6.45, 7) is 0. The second kappa shape index (κ2) is 6.24. The van der Waals surface area contributed by atoms with Gasteiger partial charge < -0.3 is 4.90 Å². The summed E-state index contributed by atoms with van der Waals surface area (Å²) in [7, 11) is 2.12. The molecule has 3 heteroatoms. The molecule has 1 aromatic rings. The topological polar surface area (TPSA) is 27.0 Å². The van der Waals surface area contributed by atoms with Gasteiger partial charge in [-0.1, -0.05) is 41.6 Å². The lowest BCUT2D eigenvalue weighted by Crippen LogP contribution is -2.31. The third-order valence-corrected chi connectivity index (χ3v) is 4.33. The van der Waals surface area contributed by atoms with Gasteiger partial charge in [0.15, 0.2) is 0 Å². The smallest absolute Gasteiger partial charge is 0.101 e. The van der Waals surface area contributed by atoms with E-state index < -0.39 is 0 Å². The van der Waals surface area contributed by atoms with Crippen molar-refractivity contribution in [3.8, 4) is 6.07 Å². The number of halogens is 1. The summed E-state index contributed by atoms with van der Waals surface area (Å²) < 4.78 is 1.04. The van der Waals surface area contributed by atoms with Gasteiger partial charge in [-0.05, 0) is 31.0 Å². The molecule has 0 radical (unpaired) electrons. The van der Waals surface area contributed by atoms with Crippen LogP contribution in [-0.4, -0.2) is 13.1 Å². The molecule has 0 amide bonds. The Balaban J connectivity index is 2.24. The van der Waals surface area contributed by atoms with E-state index in [2.05, 4.69) is 40.0 Å². The first-order valence-electron chi connectivity index (χ1n) is 6.65. The zero-order chi connectivity index (χ0) is 13.0. The predicted molar refractivity (Wildman–Crippen MR) is 78.8 cm³/mol. The Morgan fingerprint density at radius 1 is 1.22 bits per heavy atom. The van der Waals surface area contributed by atoms with E-state index >= 15 is 0 Å². The van der Waals surface area contributed by atoms with Crippen molar-refractivity contribution in [2.75, 3.05) is 11.9 Å².